The topological polar surface area (TPSA) is 9.23 Å². The molecule has 94 valence electrons. The molecular formula is C10H6F6O. The molecule has 17 heavy (non-hydrogen) atoms. The Morgan fingerprint density at radius 1 is 0.882 bits per heavy atom. The van der Waals surface area contributed by atoms with Gasteiger partial charge in [-0.15, -0.1) is 13.2 Å². The van der Waals surface area contributed by atoms with Crippen LogP contribution in [0.25, 0.3) is 6.08 Å². The highest BCUT2D eigenvalue weighted by Crippen LogP contribution is 2.24. The number of ether oxygens (including phenoxy) is 1. The predicted octanol–water partition coefficient (Wildman–Crippen LogP) is 4.16. The van der Waals surface area contributed by atoms with Gasteiger partial charge in [0.2, 0.25) is 0 Å². The van der Waals surface area contributed by atoms with Gasteiger partial charge >= 0.3 is 12.5 Å². The maximum absolute atomic E-state index is 11.8. The Morgan fingerprint density at radius 3 is 1.82 bits per heavy atom. The van der Waals surface area contributed by atoms with Crippen molar-refractivity contribution in [2.45, 2.75) is 12.5 Å². The molecule has 0 saturated heterocycles. The lowest BCUT2D eigenvalue weighted by Gasteiger charge is -2.08. The van der Waals surface area contributed by atoms with E-state index in [9.17, 15) is 26.3 Å². The molecule has 0 fully saturated rings. The summed E-state index contributed by atoms with van der Waals surface area (Å²) in [6.07, 6.45) is -8.53. The minimum absolute atomic E-state index is 0.00732. The second-order valence-electron chi connectivity index (χ2n) is 2.99. The molecule has 0 atom stereocenters. The minimum Gasteiger partial charge on any atom is -0.406 e. The molecule has 7 heteroatoms. The summed E-state index contributed by atoms with van der Waals surface area (Å²) >= 11 is 0. The molecule has 0 bridgehead atoms. The lowest BCUT2D eigenvalue weighted by molar-refractivity contribution is -0.274. The average Bonchev–Trinajstić information content (AvgIpc) is 2.13. The summed E-state index contributed by atoms with van der Waals surface area (Å²) < 4.78 is 74.2. The van der Waals surface area contributed by atoms with E-state index in [1.807, 2.05) is 0 Å². The van der Waals surface area contributed by atoms with Gasteiger partial charge in [-0.05, 0) is 17.7 Å². The number of alkyl halides is 6. The largest absolute Gasteiger partial charge is 0.573 e. The standard InChI is InChI=1S/C10H6F6O/c11-9(12,13)6-5-7-1-3-8(4-2-7)17-10(14,15)16/h1-6H/b6-5-. The Hall–Kier alpha value is -1.66. The van der Waals surface area contributed by atoms with Crippen molar-refractivity contribution in [2.75, 3.05) is 0 Å². The van der Waals surface area contributed by atoms with Gasteiger partial charge in [0.05, 0.1) is 0 Å². The van der Waals surface area contributed by atoms with Crippen molar-refractivity contribution in [3.05, 3.63) is 35.9 Å². The lowest BCUT2D eigenvalue weighted by atomic mass is 10.2. The van der Waals surface area contributed by atoms with E-state index in [4.69, 9.17) is 0 Å². The first-order chi connectivity index (χ1) is 7.66. The van der Waals surface area contributed by atoms with Crippen LogP contribution in [0.2, 0.25) is 0 Å². The van der Waals surface area contributed by atoms with Gasteiger partial charge in [0.15, 0.2) is 0 Å². The second kappa shape index (κ2) is 4.68. The van der Waals surface area contributed by atoms with Crippen molar-refractivity contribution < 1.29 is 31.1 Å². The van der Waals surface area contributed by atoms with E-state index >= 15 is 0 Å². The van der Waals surface area contributed by atoms with Crippen LogP contribution in [-0.2, 0) is 0 Å². The molecule has 1 aromatic carbocycles. The van der Waals surface area contributed by atoms with Crippen molar-refractivity contribution >= 4 is 6.08 Å². The highest BCUT2D eigenvalue weighted by molar-refractivity contribution is 5.51. The maximum Gasteiger partial charge on any atom is 0.573 e. The van der Waals surface area contributed by atoms with Crippen molar-refractivity contribution in [2.24, 2.45) is 0 Å². The molecule has 0 saturated carbocycles. The van der Waals surface area contributed by atoms with Crippen LogP contribution >= 0.6 is 0 Å². The van der Waals surface area contributed by atoms with E-state index in [-0.39, 0.29) is 11.6 Å². The van der Waals surface area contributed by atoms with Crippen LogP contribution in [0.3, 0.4) is 0 Å². The monoisotopic (exact) mass is 256 g/mol. The van der Waals surface area contributed by atoms with Gasteiger partial charge in [0.25, 0.3) is 0 Å². The Balaban J connectivity index is 2.72. The molecule has 0 radical (unpaired) electrons. The molecule has 1 nitrogen and oxygen atoms in total. The predicted molar refractivity (Wildman–Crippen MR) is 48.2 cm³/mol. The molecule has 0 aromatic heterocycles. The Labute approximate surface area is 92.3 Å². The Morgan fingerprint density at radius 2 is 1.41 bits per heavy atom. The van der Waals surface area contributed by atoms with E-state index in [1.54, 1.807) is 0 Å². The SMILES string of the molecule is FC(F)(F)/C=C\c1ccc(OC(F)(F)F)cc1. The highest BCUT2D eigenvalue weighted by Gasteiger charge is 2.30. The molecule has 0 aliphatic carbocycles. The fraction of sp³-hybridized carbons (Fsp3) is 0.200. The minimum atomic E-state index is -4.82. The summed E-state index contributed by atoms with van der Waals surface area (Å²) in [6.45, 7) is 0. The number of halogens is 6. The zero-order valence-electron chi connectivity index (χ0n) is 8.14. The van der Waals surface area contributed by atoms with Gasteiger partial charge in [0, 0.05) is 6.08 Å². The molecule has 0 N–H and O–H groups in total. The van der Waals surface area contributed by atoms with Crippen LogP contribution in [0, 0.1) is 0 Å². The van der Waals surface area contributed by atoms with Gasteiger partial charge < -0.3 is 4.74 Å². The summed E-state index contributed by atoms with van der Waals surface area (Å²) in [5.74, 6) is -0.485. The smallest absolute Gasteiger partial charge is 0.406 e. The fourth-order valence-electron chi connectivity index (χ4n) is 0.971. The average molecular weight is 256 g/mol. The summed E-state index contributed by atoms with van der Waals surface area (Å²) in [5, 5.41) is 0. The first-order valence-electron chi connectivity index (χ1n) is 4.27. The van der Waals surface area contributed by atoms with Gasteiger partial charge in [-0.1, -0.05) is 18.2 Å². The third-order valence-electron chi connectivity index (χ3n) is 1.58. The molecule has 1 rings (SSSR count). The molecule has 1 aromatic rings. The van der Waals surface area contributed by atoms with E-state index in [1.165, 1.54) is 0 Å². The van der Waals surface area contributed by atoms with Gasteiger partial charge in [-0.25, -0.2) is 0 Å². The number of benzene rings is 1. The van der Waals surface area contributed by atoms with Crippen LogP contribution < -0.4 is 4.74 Å². The van der Waals surface area contributed by atoms with E-state index in [0.29, 0.717) is 0 Å². The molecule has 0 aliphatic heterocycles. The second-order valence-corrected chi connectivity index (χ2v) is 2.99. The van der Waals surface area contributed by atoms with Crippen LogP contribution in [0.4, 0.5) is 26.3 Å². The number of hydrogen-bond donors (Lipinski definition) is 0. The van der Waals surface area contributed by atoms with Crippen molar-refractivity contribution in [1.29, 1.82) is 0 Å². The lowest BCUT2D eigenvalue weighted by Crippen LogP contribution is -2.16. The quantitative estimate of drug-likeness (QED) is 0.722. The normalized spacial score (nSPS) is 13.1. The van der Waals surface area contributed by atoms with E-state index in [0.717, 1.165) is 30.3 Å². The zero-order chi connectivity index (χ0) is 13.1. The van der Waals surface area contributed by atoms with Crippen LogP contribution in [0.15, 0.2) is 30.3 Å². The number of rotatable bonds is 2. The van der Waals surface area contributed by atoms with Crippen LogP contribution in [0.1, 0.15) is 5.56 Å². The first-order valence-corrected chi connectivity index (χ1v) is 4.27. The van der Waals surface area contributed by atoms with Gasteiger partial charge in [-0.3, -0.25) is 0 Å². The zero-order valence-corrected chi connectivity index (χ0v) is 8.14. The maximum atomic E-state index is 11.8. The third kappa shape index (κ3) is 5.84. The molecule has 0 spiro atoms. The molecule has 0 aliphatic rings. The van der Waals surface area contributed by atoms with E-state index < -0.39 is 18.3 Å². The summed E-state index contributed by atoms with van der Waals surface area (Å²) in [7, 11) is 0. The Kier molecular flexibility index (Phi) is 3.69. The number of hydrogen-bond acceptors (Lipinski definition) is 1. The Bertz CT molecular complexity index is 387. The van der Waals surface area contributed by atoms with E-state index in [2.05, 4.69) is 4.74 Å². The summed E-state index contributed by atoms with van der Waals surface area (Å²) in [6, 6.07) is 4.04. The van der Waals surface area contributed by atoms with Crippen LogP contribution in [0.5, 0.6) is 5.75 Å². The summed E-state index contributed by atoms with van der Waals surface area (Å²) in [5.41, 5.74) is 0.122. The molecule has 0 unspecified atom stereocenters. The molecular weight excluding hydrogens is 250 g/mol. The van der Waals surface area contributed by atoms with Gasteiger partial charge in [-0.2, -0.15) is 13.2 Å². The molecule has 0 heterocycles. The first kappa shape index (κ1) is 13.4. The summed E-state index contributed by atoms with van der Waals surface area (Å²) in [4.78, 5) is 0. The molecule has 0 amide bonds. The fourth-order valence-corrected chi connectivity index (χ4v) is 0.971. The van der Waals surface area contributed by atoms with Crippen molar-refractivity contribution in [3.63, 3.8) is 0 Å². The van der Waals surface area contributed by atoms with Crippen molar-refractivity contribution in [3.8, 4) is 5.75 Å². The third-order valence-corrected chi connectivity index (χ3v) is 1.58. The number of allylic oxidation sites excluding steroid dienone is 1. The van der Waals surface area contributed by atoms with Crippen molar-refractivity contribution in [1.82, 2.24) is 0 Å². The highest BCUT2D eigenvalue weighted by atomic mass is 19.4. The van der Waals surface area contributed by atoms with Crippen LogP contribution in [-0.4, -0.2) is 12.5 Å². The van der Waals surface area contributed by atoms with Gasteiger partial charge in [0.1, 0.15) is 5.75 Å².